The Kier molecular flexibility index (Phi) is 4.02. The molecule has 98 valence electrons. The fourth-order valence-corrected chi connectivity index (χ4v) is 2.58. The first-order chi connectivity index (χ1) is 8.61. The third kappa shape index (κ3) is 2.72. The van der Waals surface area contributed by atoms with Crippen molar-refractivity contribution in [2.45, 2.75) is 32.7 Å². The summed E-state index contributed by atoms with van der Waals surface area (Å²) in [5.74, 6) is 0.527. The molecule has 3 nitrogen and oxygen atoms in total. The Bertz CT molecular complexity index is 413. The van der Waals surface area contributed by atoms with Crippen LogP contribution in [0.2, 0.25) is 0 Å². The zero-order chi connectivity index (χ0) is 13.1. The summed E-state index contributed by atoms with van der Waals surface area (Å²) in [5.41, 5.74) is 2.25. The van der Waals surface area contributed by atoms with E-state index in [1.165, 1.54) is 5.56 Å². The van der Waals surface area contributed by atoms with Gasteiger partial charge in [-0.25, -0.2) is 0 Å². The number of benzene rings is 1. The lowest BCUT2D eigenvalue weighted by Gasteiger charge is -2.25. The van der Waals surface area contributed by atoms with Gasteiger partial charge in [0.25, 0.3) is 0 Å². The quantitative estimate of drug-likeness (QED) is 0.884. The number of rotatable bonds is 3. The zero-order valence-electron chi connectivity index (χ0n) is 11.1. The molecule has 3 heteroatoms. The predicted octanol–water partition coefficient (Wildman–Crippen LogP) is 1.77. The second-order valence-corrected chi connectivity index (χ2v) is 5.27. The van der Waals surface area contributed by atoms with E-state index < -0.39 is 0 Å². The molecular formula is C15H21NO2. The Morgan fingerprint density at radius 3 is 2.67 bits per heavy atom. The first kappa shape index (κ1) is 13.1. The molecule has 1 aromatic carbocycles. The summed E-state index contributed by atoms with van der Waals surface area (Å²) in [7, 11) is 0. The summed E-state index contributed by atoms with van der Waals surface area (Å²) in [4.78, 5) is 14.1. The average molecular weight is 247 g/mol. The number of amides is 1. The normalized spacial score (nSPS) is 23.4. The lowest BCUT2D eigenvalue weighted by Crippen LogP contribution is -2.40. The van der Waals surface area contributed by atoms with Gasteiger partial charge in [-0.2, -0.15) is 0 Å². The van der Waals surface area contributed by atoms with Gasteiger partial charge in [0.1, 0.15) is 0 Å². The minimum atomic E-state index is 0.00273. The van der Waals surface area contributed by atoms with E-state index >= 15 is 0 Å². The van der Waals surface area contributed by atoms with E-state index in [1.807, 2.05) is 36.1 Å². The lowest BCUT2D eigenvalue weighted by atomic mass is 10.0. The second-order valence-electron chi connectivity index (χ2n) is 5.27. The molecule has 0 aliphatic carbocycles. The van der Waals surface area contributed by atoms with Crippen LogP contribution in [-0.4, -0.2) is 35.1 Å². The number of carbonyl (C=O) groups is 1. The molecular weight excluding hydrogens is 226 g/mol. The van der Waals surface area contributed by atoms with Crippen LogP contribution in [0.15, 0.2) is 24.3 Å². The van der Waals surface area contributed by atoms with Gasteiger partial charge in [-0.15, -0.1) is 0 Å². The molecule has 1 aromatic rings. The molecule has 2 rings (SSSR count). The van der Waals surface area contributed by atoms with Gasteiger partial charge in [0, 0.05) is 6.54 Å². The minimum absolute atomic E-state index is 0.00273. The van der Waals surface area contributed by atoms with Crippen molar-refractivity contribution in [1.29, 1.82) is 0 Å². The van der Waals surface area contributed by atoms with E-state index in [4.69, 9.17) is 0 Å². The highest BCUT2D eigenvalue weighted by atomic mass is 16.3. The number of aliphatic hydroxyl groups excluding tert-OH is 1. The number of nitrogens with zero attached hydrogens (tertiary/aromatic N) is 1. The molecule has 2 unspecified atom stereocenters. The Labute approximate surface area is 108 Å². The van der Waals surface area contributed by atoms with Crippen molar-refractivity contribution in [1.82, 2.24) is 4.90 Å². The van der Waals surface area contributed by atoms with E-state index in [-0.39, 0.29) is 18.6 Å². The molecule has 1 aliphatic rings. The van der Waals surface area contributed by atoms with Crippen LogP contribution in [0.4, 0.5) is 0 Å². The molecule has 1 N–H and O–H groups in total. The van der Waals surface area contributed by atoms with Crippen LogP contribution < -0.4 is 0 Å². The van der Waals surface area contributed by atoms with E-state index in [1.54, 1.807) is 0 Å². The number of aryl methyl sites for hydroxylation is 1. The summed E-state index contributed by atoms with van der Waals surface area (Å²) in [6.07, 6.45) is 1.42. The fraction of sp³-hybridized carbons (Fsp3) is 0.533. The van der Waals surface area contributed by atoms with Gasteiger partial charge in [-0.3, -0.25) is 4.79 Å². The lowest BCUT2D eigenvalue weighted by molar-refractivity contribution is -0.132. The van der Waals surface area contributed by atoms with Crippen molar-refractivity contribution < 1.29 is 9.90 Å². The monoisotopic (exact) mass is 247 g/mol. The van der Waals surface area contributed by atoms with Crippen LogP contribution in [-0.2, 0) is 11.2 Å². The minimum Gasteiger partial charge on any atom is -0.394 e. The van der Waals surface area contributed by atoms with Crippen LogP contribution in [0.3, 0.4) is 0 Å². The highest BCUT2D eigenvalue weighted by molar-refractivity contribution is 5.79. The second kappa shape index (κ2) is 5.53. The van der Waals surface area contributed by atoms with E-state index in [2.05, 4.69) is 6.92 Å². The van der Waals surface area contributed by atoms with Crippen molar-refractivity contribution in [3.05, 3.63) is 35.4 Å². The first-order valence-electron chi connectivity index (χ1n) is 6.57. The first-order valence-corrected chi connectivity index (χ1v) is 6.57. The molecule has 0 spiro atoms. The molecule has 0 radical (unpaired) electrons. The van der Waals surface area contributed by atoms with Gasteiger partial charge in [0.15, 0.2) is 0 Å². The Morgan fingerprint density at radius 1 is 1.39 bits per heavy atom. The summed E-state index contributed by atoms with van der Waals surface area (Å²) < 4.78 is 0. The van der Waals surface area contributed by atoms with Crippen molar-refractivity contribution in [3.63, 3.8) is 0 Å². The number of hydrogen-bond acceptors (Lipinski definition) is 2. The SMILES string of the molecule is Cc1ccc(CC(=O)N2CCC(C)C2CO)cc1. The maximum Gasteiger partial charge on any atom is 0.227 e. The van der Waals surface area contributed by atoms with Gasteiger partial charge in [-0.1, -0.05) is 36.8 Å². The molecule has 2 atom stereocenters. The summed E-state index contributed by atoms with van der Waals surface area (Å²) >= 11 is 0. The fourth-order valence-electron chi connectivity index (χ4n) is 2.58. The van der Waals surface area contributed by atoms with Crippen molar-refractivity contribution in [3.8, 4) is 0 Å². The largest absolute Gasteiger partial charge is 0.394 e. The summed E-state index contributed by atoms with van der Waals surface area (Å²) in [5, 5.41) is 9.36. The maximum atomic E-state index is 12.2. The third-order valence-corrected chi connectivity index (χ3v) is 3.87. The standard InChI is InChI=1S/C15H21NO2/c1-11-3-5-13(6-4-11)9-15(18)16-8-7-12(2)14(16)10-17/h3-6,12,14,17H,7-10H2,1-2H3. The van der Waals surface area contributed by atoms with Crippen LogP contribution in [0, 0.1) is 12.8 Å². The van der Waals surface area contributed by atoms with Gasteiger partial charge in [-0.05, 0) is 24.8 Å². The van der Waals surface area contributed by atoms with Crippen LogP contribution >= 0.6 is 0 Å². The smallest absolute Gasteiger partial charge is 0.227 e. The molecule has 1 aliphatic heterocycles. The van der Waals surface area contributed by atoms with Crippen LogP contribution in [0.25, 0.3) is 0 Å². The van der Waals surface area contributed by atoms with Crippen molar-refractivity contribution in [2.75, 3.05) is 13.2 Å². The summed E-state index contributed by atoms with van der Waals surface area (Å²) in [6, 6.07) is 8.06. The molecule has 0 aromatic heterocycles. The van der Waals surface area contributed by atoms with Gasteiger partial charge in [0.05, 0.1) is 19.1 Å². The van der Waals surface area contributed by atoms with Gasteiger partial charge < -0.3 is 10.0 Å². The molecule has 0 bridgehead atoms. The van der Waals surface area contributed by atoms with Crippen LogP contribution in [0.5, 0.6) is 0 Å². The number of aliphatic hydroxyl groups is 1. The average Bonchev–Trinajstić information content (AvgIpc) is 2.73. The summed E-state index contributed by atoms with van der Waals surface area (Å²) in [6.45, 7) is 4.98. The van der Waals surface area contributed by atoms with E-state index in [0.29, 0.717) is 12.3 Å². The van der Waals surface area contributed by atoms with Crippen molar-refractivity contribution >= 4 is 5.91 Å². The molecule has 1 amide bonds. The highest BCUT2D eigenvalue weighted by Crippen LogP contribution is 2.24. The van der Waals surface area contributed by atoms with E-state index in [9.17, 15) is 9.90 Å². The topological polar surface area (TPSA) is 40.5 Å². The molecule has 1 fully saturated rings. The van der Waals surface area contributed by atoms with Crippen LogP contribution in [0.1, 0.15) is 24.5 Å². The zero-order valence-corrected chi connectivity index (χ0v) is 11.1. The predicted molar refractivity (Wildman–Crippen MR) is 71.3 cm³/mol. The highest BCUT2D eigenvalue weighted by Gasteiger charge is 2.33. The van der Waals surface area contributed by atoms with Gasteiger partial charge >= 0.3 is 0 Å². The Hall–Kier alpha value is -1.35. The van der Waals surface area contributed by atoms with E-state index in [0.717, 1.165) is 18.5 Å². The van der Waals surface area contributed by atoms with Crippen molar-refractivity contribution in [2.24, 2.45) is 5.92 Å². The molecule has 1 saturated heterocycles. The Morgan fingerprint density at radius 2 is 2.06 bits per heavy atom. The molecule has 18 heavy (non-hydrogen) atoms. The number of likely N-dealkylation sites (tertiary alicyclic amines) is 1. The Balaban J connectivity index is 2.01. The molecule has 0 saturated carbocycles. The maximum absolute atomic E-state index is 12.2. The number of hydrogen-bond donors (Lipinski definition) is 1. The third-order valence-electron chi connectivity index (χ3n) is 3.87. The number of carbonyl (C=O) groups excluding carboxylic acids is 1. The van der Waals surface area contributed by atoms with Gasteiger partial charge in [0.2, 0.25) is 5.91 Å². The molecule has 1 heterocycles.